The summed E-state index contributed by atoms with van der Waals surface area (Å²) in [7, 11) is 2.05. The average molecular weight is 199 g/mol. The van der Waals surface area contributed by atoms with Crippen molar-refractivity contribution in [2.45, 2.75) is 31.1 Å². The van der Waals surface area contributed by atoms with E-state index in [1.54, 1.807) is 0 Å². The SMILES string of the molecule is Cn1ccnc1CC1CCC(Cl)C1. The predicted octanol–water partition coefficient (Wildman–Crippen LogP) is 2.37. The lowest BCUT2D eigenvalue weighted by atomic mass is 10.0. The van der Waals surface area contributed by atoms with Crippen LogP contribution in [0.3, 0.4) is 0 Å². The van der Waals surface area contributed by atoms with Crippen LogP contribution in [0.2, 0.25) is 0 Å². The fourth-order valence-electron chi connectivity index (χ4n) is 2.05. The summed E-state index contributed by atoms with van der Waals surface area (Å²) in [5.74, 6) is 1.94. The first-order chi connectivity index (χ1) is 6.25. The van der Waals surface area contributed by atoms with E-state index in [9.17, 15) is 0 Å². The van der Waals surface area contributed by atoms with Gasteiger partial charge < -0.3 is 4.57 Å². The number of hydrogen-bond acceptors (Lipinski definition) is 1. The van der Waals surface area contributed by atoms with E-state index >= 15 is 0 Å². The van der Waals surface area contributed by atoms with Crippen LogP contribution >= 0.6 is 11.6 Å². The lowest BCUT2D eigenvalue weighted by molar-refractivity contribution is 0.521. The molecule has 1 aliphatic carbocycles. The van der Waals surface area contributed by atoms with Crippen molar-refractivity contribution in [1.29, 1.82) is 0 Å². The number of alkyl halides is 1. The zero-order valence-corrected chi connectivity index (χ0v) is 8.67. The molecule has 1 aromatic heterocycles. The number of aromatic nitrogens is 2. The molecule has 0 bridgehead atoms. The Labute approximate surface area is 83.9 Å². The van der Waals surface area contributed by atoms with Crippen molar-refractivity contribution in [2.75, 3.05) is 0 Å². The smallest absolute Gasteiger partial charge is 0.108 e. The first-order valence-electron chi connectivity index (χ1n) is 4.86. The summed E-state index contributed by atoms with van der Waals surface area (Å²) in [6.07, 6.45) is 8.56. The van der Waals surface area contributed by atoms with Gasteiger partial charge in [0.25, 0.3) is 0 Å². The number of hydrogen-bond donors (Lipinski definition) is 0. The Balaban J connectivity index is 1.95. The molecule has 3 heteroatoms. The normalized spacial score (nSPS) is 28.2. The minimum atomic E-state index is 0.408. The van der Waals surface area contributed by atoms with Gasteiger partial charge in [0.2, 0.25) is 0 Å². The highest BCUT2D eigenvalue weighted by Crippen LogP contribution is 2.31. The second-order valence-corrected chi connectivity index (χ2v) is 4.55. The third-order valence-electron chi connectivity index (χ3n) is 2.87. The van der Waals surface area contributed by atoms with Crippen LogP contribution in [0.1, 0.15) is 25.1 Å². The molecule has 0 spiro atoms. The maximum Gasteiger partial charge on any atom is 0.108 e. The topological polar surface area (TPSA) is 17.8 Å². The molecule has 2 rings (SSSR count). The fraction of sp³-hybridized carbons (Fsp3) is 0.700. The maximum absolute atomic E-state index is 6.06. The van der Waals surface area contributed by atoms with Crippen LogP contribution in [0.5, 0.6) is 0 Å². The van der Waals surface area contributed by atoms with E-state index in [2.05, 4.69) is 16.6 Å². The van der Waals surface area contributed by atoms with Crippen LogP contribution in [0.25, 0.3) is 0 Å². The second-order valence-electron chi connectivity index (χ2n) is 3.93. The van der Waals surface area contributed by atoms with E-state index in [0.717, 1.165) is 18.8 Å². The van der Waals surface area contributed by atoms with E-state index in [0.29, 0.717) is 5.38 Å². The zero-order valence-electron chi connectivity index (χ0n) is 7.91. The Morgan fingerprint density at radius 3 is 3.00 bits per heavy atom. The molecule has 2 nitrogen and oxygen atoms in total. The summed E-state index contributed by atoms with van der Waals surface area (Å²) in [5, 5.41) is 0.408. The molecule has 1 heterocycles. The molecule has 2 unspecified atom stereocenters. The fourth-order valence-corrected chi connectivity index (χ4v) is 2.43. The Hall–Kier alpha value is -0.500. The van der Waals surface area contributed by atoms with Crippen LogP contribution < -0.4 is 0 Å². The minimum Gasteiger partial charge on any atom is -0.338 e. The van der Waals surface area contributed by atoms with Gasteiger partial charge in [-0.05, 0) is 25.2 Å². The number of halogens is 1. The number of aryl methyl sites for hydroxylation is 1. The highest BCUT2D eigenvalue weighted by atomic mass is 35.5. The maximum atomic E-state index is 6.06. The first-order valence-corrected chi connectivity index (χ1v) is 5.29. The van der Waals surface area contributed by atoms with Gasteiger partial charge in [-0.1, -0.05) is 0 Å². The van der Waals surface area contributed by atoms with E-state index in [-0.39, 0.29) is 0 Å². The van der Waals surface area contributed by atoms with Crippen molar-refractivity contribution >= 4 is 11.6 Å². The van der Waals surface area contributed by atoms with Crippen molar-refractivity contribution in [3.63, 3.8) is 0 Å². The summed E-state index contributed by atoms with van der Waals surface area (Å²) in [5.41, 5.74) is 0. The molecular weight excluding hydrogens is 184 g/mol. The van der Waals surface area contributed by atoms with Gasteiger partial charge in [-0.15, -0.1) is 11.6 Å². The van der Waals surface area contributed by atoms with Gasteiger partial charge in [-0.25, -0.2) is 4.98 Å². The highest BCUT2D eigenvalue weighted by molar-refractivity contribution is 6.20. The van der Waals surface area contributed by atoms with Crippen molar-refractivity contribution in [1.82, 2.24) is 9.55 Å². The van der Waals surface area contributed by atoms with Gasteiger partial charge in [0, 0.05) is 31.2 Å². The van der Waals surface area contributed by atoms with Gasteiger partial charge >= 0.3 is 0 Å². The minimum absolute atomic E-state index is 0.408. The van der Waals surface area contributed by atoms with Crippen LogP contribution in [0, 0.1) is 5.92 Å². The molecule has 0 aromatic carbocycles. The van der Waals surface area contributed by atoms with Crippen molar-refractivity contribution < 1.29 is 0 Å². The van der Waals surface area contributed by atoms with Gasteiger partial charge in [0.1, 0.15) is 5.82 Å². The number of imidazole rings is 1. The second kappa shape index (κ2) is 3.70. The summed E-state index contributed by atoms with van der Waals surface area (Å²) >= 11 is 6.06. The van der Waals surface area contributed by atoms with Crippen molar-refractivity contribution in [3.8, 4) is 0 Å². The molecule has 0 aliphatic heterocycles. The summed E-state index contributed by atoms with van der Waals surface area (Å²) < 4.78 is 2.10. The molecule has 0 amide bonds. The van der Waals surface area contributed by atoms with E-state index in [4.69, 9.17) is 11.6 Å². The Morgan fingerprint density at radius 2 is 2.46 bits per heavy atom. The van der Waals surface area contributed by atoms with Crippen LogP contribution in [0.4, 0.5) is 0 Å². The molecule has 1 fully saturated rings. The third-order valence-corrected chi connectivity index (χ3v) is 3.27. The van der Waals surface area contributed by atoms with Crippen molar-refractivity contribution in [3.05, 3.63) is 18.2 Å². The van der Waals surface area contributed by atoms with Gasteiger partial charge in [-0.3, -0.25) is 0 Å². The summed E-state index contributed by atoms with van der Waals surface area (Å²) in [6.45, 7) is 0. The van der Waals surface area contributed by atoms with Gasteiger partial charge in [0.15, 0.2) is 0 Å². The average Bonchev–Trinajstić information content (AvgIpc) is 2.64. The molecule has 1 aromatic rings. The number of nitrogens with zero attached hydrogens (tertiary/aromatic N) is 2. The molecule has 0 saturated heterocycles. The van der Waals surface area contributed by atoms with Crippen molar-refractivity contribution in [2.24, 2.45) is 13.0 Å². The van der Waals surface area contributed by atoms with Crippen LogP contribution in [-0.4, -0.2) is 14.9 Å². The predicted molar refractivity (Wildman–Crippen MR) is 53.9 cm³/mol. The van der Waals surface area contributed by atoms with Crippen LogP contribution in [0.15, 0.2) is 12.4 Å². The lowest BCUT2D eigenvalue weighted by Crippen LogP contribution is -2.05. The molecule has 0 radical (unpaired) electrons. The Bertz CT molecular complexity index is 282. The van der Waals surface area contributed by atoms with Crippen LogP contribution in [-0.2, 0) is 13.5 Å². The molecule has 13 heavy (non-hydrogen) atoms. The van der Waals surface area contributed by atoms with E-state index in [1.807, 2.05) is 12.4 Å². The summed E-state index contributed by atoms with van der Waals surface area (Å²) in [6, 6.07) is 0. The first kappa shape index (κ1) is 9.07. The largest absolute Gasteiger partial charge is 0.338 e. The molecule has 72 valence electrons. The zero-order chi connectivity index (χ0) is 9.26. The highest BCUT2D eigenvalue weighted by Gasteiger charge is 2.23. The van der Waals surface area contributed by atoms with Gasteiger partial charge in [0.05, 0.1) is 0 Å². The van der Waals surface area contributed by atoms with Gasteiger partial charge in [-0.2, -0.15) is 0 Å². The molecule has 0 N–H and O–H groups in total. The number of rotatable bonds is 2. The molecular formula is C10H15ClN2. The molecule has 1 aliphatic rings. The van der Waals surface area contributed by atoms with E-state index < -0.39 is 0 Å². The molecule has 1 saturated carbocycles. The molecule has 2 atom stereocenters. The van der Waals surface area contributed by atoms with E-state index in [1.165, 1.54) is 18.7 Å². The Morgan fingerprint density at radius 1 is 1.62 bits per heavy atom. The quantitative estimate of drug-likeness (QED) is 0.668. The Kier molecular flexibility index (Phi) is 2.58. The summed E-state index contributed by atoms with van der Waals surface area (Å²) in [4.78, 5) is 4.32. The third kappa shape index (κ3) is 2.05. The standard InChI is InChI=1S/C10H15ClN2/c1-13-5-4-12-10(13)7-8-2-3-9(11)6-8/h4-5,8-9H,2-3,6-7H2,1H3. The lowest BCUT2D eigenvalue weighted by Gasteiger charge is -2.08. The monoisotopic (exact) mass is 198 g/mol.